The maximum atomic E-state index is 10.8. The summed E-state index contributed by atoms with van der Waals surface area (Å²) in [6, 6.07) is 4.02. The Labute approximate surface area is 81.9 Å². The number of hydrogen-bond donors (Lipinski definition) is 2. The molecule has 0 saturated carbocycles. The van der Waals surface area contributed by atoms with Crippen LogP contribution in [0.4, 0.5) is 0 Å². The summed E-state index contributed by atoms with van der Waals surface area (Å²) in [5.41, 5.74) is 0. The van der Waals surface area contributed by atoms with Gasteiger partial charge >= 0.3 is 81.9 Å². The van der Waals surface area contributed by atoms with Crippen molar-refractivity contribution in [3.8, 4) is 0 Å². The number of benzene rings is 1. The van der Waals surface area contributed by atoms with Crippen molar-refractivity contribution in [2.45, 2.75) is 0 Å². The van der Waals surface area contributed by atoms with Crippen LogP contribution >= 0.6 is 23.2 Å². The molecular weight excluding hydrogens is 266 g/mol. The van der Waals surface area contributed by atoms with E-state index in [-0.39, 0.29) is 14.4 Å². The van der Waals surface area contributed by atoms with E-state index in [0.717, 1.165) is 0 Å². The van der Waals surface area contributed by atoms with E-state index in [2.05, 4.69) is 0 Å². The van der Waals surface area contributed by atoms with Gasteiger partial charge in [-0.05, 0) is 0 Å². The Hall–Kier alpha value is 0.0784. The van der Waals surface area contributed by atoms with Gasteiger partial charge in [-0.2, -0.15) is 0 Å². The Morgan fingerprint density at radius 1 is 1.25 bits per heavy atom. The van der Waals surface area contributed by atoms with Crippen LogP contribution in [0.1, 0.15) is 0 Å². The standard InChI is InChI=1S/C6H5AsCl2O3/c8-4-1-2-6(9)5(3-4)7(10,11)12/h1-3H,(H2,10,11,12). The minimum atomic E-state index is -4.90. The van der Waals surface area contributed by atoms with E-state index in [0.29, 0.717) is 0 Å². The maximum absolute atomic E-state index is 10.8. The molecule has 0 aliphatic carbocycles. The molecule has 1 rings (SSSR count). The molecule has 0 aliphatic heterocycles. The van der Waals surface area contributed by atoms with Gasteiger partial charge < -0.3 is 0 Å². The fraction of sp³-hybridized carbons (Fsp3) is 0. The van der Waals surface area contributed by atoms with Crippen LogP contribution < -0.4 is 4.35 Å². The molecule has 0 saturated heterocycles. The summed E-state index contributed by atoms with van der Waals surface area (Å²) in [7, 11) is 0. The summed E-state index contributed by atoms with van der Waals surface area (Å²) >= 11 is 6.17. The average molecular weight is 271 g/mol. The molecule has 0 spiro atoms. The molecule has 0 fully saturated rings. The van der Waals surface area contributed by atoms with Gasteiger partial charge in [0, 0.05) is 0 Å². The molecule has 66 valence electrons. The third kappa shape index (κ3) is 2.28. The molecule has 0 atom stereocenters. The predicted octanol–water partition coefficient (Wildman–Crippen LogP) is 0.554. The molecule has 0 radical (unpaired) electrons. The molecule has 1 aromatic rings. The van der Waals surface area contributed by atoms with E-state index in [4.69, 9.17) is 31.4 Å². The van der Waals surface area contributed by atoms with Crippen LogP contribution in [0.2, 0.25) is 10.0 Å². The fourth-order valence-corrected chi connectivity index (χ4v) is 3.12. The van der Waals surface area contributed by atoms with E-state index in [9.17, 15) is 3.74 Å². The Morgan fingerprint density at radius 2 is 1.83 bits per heavy atom. The zero-order valence-corrected chi connectivity index (χ0v) is 9.13. The topological polar surface area (TPSA) is 57.5 Å². The van der Waals surface area contributed by atoms with Gasteiger partial charge in [0.05, 0.1) is 0 Å². The van der Waals surface area contributed by atoms with E-state index >= 15 is 0 Å². The van der Waals surface area contributed by atoms with Crippen LogP contribution in [-0.4, -0.2) is 22.4 Å². The first-order chi connectivity index (χ1) is 5.41. The third-order valence-electron chi connectivity index (χ3n) is 1.22. The van der Waals surface area contributed by atoms with Crippen LogP contribution in [0, 0.1) is 0 Å². The Balaban J connectivity index is 3.33. The van der Waals surface area contributed by atoms with Crippen molar-refractivity contribution in [2.24, 2.45) is 0 Å². The molecule has 0 amide bonds. The van der Waals surface area contributed by atoms with Crippen LogP contribution in [-0.2, 0) is 3.74 Å². The first kappa shape index (κ1) is 10.2. The van der Waals surface area contributed by atoms with E-state index in [1.165, 1.54) is 18.2 Å². The molecule has 1 aromatic carbocycles. The van der Waals surface area contributed by atoms with Gasteiger partial charge in [-0.15, -0.1) is 0 Å². The summed E-state index contributed by atoms with van der Waals surface area (Å²) in [5.74, 6) is 0. The first-order valence-electron chi connectivity index (χ1n) is 2.92. The Kier molecular flexibility index (Phi) is 2.92. The number of halogens is 2. The van der Waals surface area contributed by atoms with Gasteiger partial charge in [0.15, 0.2) is 0 Å². The second-order valence-electron chi connectivity index (χ2n) is 2.14. The van der Waals surface area contributed by atoms with Crippen LogP contribution in [0.3, 0.4) is 0 Å². The summed E-state index contributed by atoms with van der Waals surface area (Å²) in [4.78, 5) is 0. The SMILES string of the molecule is O=[As](O)(O)c1cc(Cl)ccc1Cl. The quantitative estimate of drug-likeness (QED) is 0.733. The van der Waals surface area contributed by atoms with Crippen molar-refractivity contribution in [3.63, 3.8) is 0 Å². The van der Waals surface area contributed by atoms with Gasteiger partial charge in [-0.1, -0.05) is 0 Å². The molecule has 0 bridgehead atoms. The molecular formula is C6H5AsCl2O3. The molecule has 3 nitrogen and oxygen atoms in total. The van der Waals surface area contributed by atoms with Gasteiger partial charge in [-0.3, -0.25) is 0 Å². The van der Waals surface area contributed by atoms with Crippen molar-refractivity contribution in [2.75, 3.05) is 0 Å². The molecule has 2 N–H and O–H groups in total. The predicted molar refractivity (Wildman–Crippen MR) is 47.0 cm³/mol. The minimum absolute atomic E-state index is 0.0481. The monoisotopic (exact) mass is 270 g/mol. The van der Waals surface area contributed by atoms with Crippen molar-refractivity contribution in [1.29, 1.82) is 0 Å². The normalized spacial score (nSPS) is 11.7. The second kappa shape index (κ2) is 3.44. The molecule has 0 unspecified atom stereocenters. The molecule has 0 aromatic heterocycles. The Bertz CT molecular complexity index is 347. The summed E-state index contributed by atoms with van der Waals surface area (Å²) in [5, 5.41) is 0.311. The van der Waals surface area contributed by atoms with Crippen molar-refractivity contribution >= 4 is 41.7 Å². The number of rotatable bonds is 1. The van der Waals surface area contributed by atoms with Gasteiger partial charge in [0.1, 0.15) is 0 Å². The summed E-state index contributed by atoms with van der Waals surface area (Å²) in [6.45, 7) is 0. The van der Waals surface area contributed by atoms with Gasteiger partial charge in [0.2, 0.25) is 0 Å². The zero-order chi connectivity index (χ0) is 9.35. The molecule has 0 aliphatic rings. The zero-order valence-electron chi connectivity index (χ0n) is 5.74. The Morgan fingerprint density at radius 3 is 2.25 bits per heavy atom. The van der Waals surface area contributed by atoms with Crippen LogP contribution in [0.5, 0.6) is 0 Å². The van der Waals surface area contributed by atoms with Gasteiger partial charge in [-0.25, -0.2) is 0 Å². The molecule has 6 heteroatoms. The summed E-state index contributed by atoms with van der Waals surface area (Å²) in [6.07, 6.45) is 0. The fourth-order valence-electron chi connectivity index (χ4n) is 0.709. The summed E-state index contributed by atoms with van der Waals surface area (Å²) < 4.78 is 28.3. The molecule has 12 heavy (non-hydrogen) atoms. The third-order valence-corrected chi connectivity index (χ3v) is 4.17. The van der Waals surface area contributed by atoms with Crippen molar-refractivity contribution in [3.05, 3.63) is 28.2 Å². The van der Waals surface area contributed by atoms with E-state index in [1.54, 1.807) is 0 Å². The van der Waals surface area contributed by atoms with Crippen molar-refractivity contribution in [1.82, 2.24) is 0 Å². The van der Waals surface area contributed by atoms with Crippen LogP contribution in [0.25, 0.3) is 0 Å². The molecule has 0 heterocycles. The van der Waals surface area contributed by atoms with E-state index < -0.39 is 14.2 Å². The van der Waals surface area contributed by atoms with Crippen LogP contribution in [0.15, 0.2) is 18.2 Å². The second-order valence-corrected chi connectivity index (χ2v) is 6.28. The van der Waals surface area contributed by atoms with Gasteiger partial charge in [0.25, 0.3) is 0 Å². The average Bonchev–Trinajstić information content (AvgIpc) is 1.92. The number of hydrogen-bond acceptors (Lipinski definition) is 1. The first-order valence-corrected chi connectivity index (χ1v) is 7.06. The van der Waals surface area contributed by atoms with Crippen molar-refractivity contribution < 1.29 is 11.9 Å². The van der Waals surface area contributed by atoms with E-state index in [1.807, 2.05) is 0 Å².